The molecule has 0 bridgehead atoms. The summed E-state index contributed by atoms with van der Waals surface area (Å²) in [5.41, 5.74) is 0. The molecule has 0 saturated carbocycles. The van der Waals surface area contributed by atoms with Gasteiger partial charge in [0.1, 0.15) is 0 Å². The van der Waals surface area contributed by atoms with Gasteiger partial charge in [-0.05, 0) is 12.8 Å². The highest BCUT2D eigenvalue weighted by Crippen LogP contribution is 2.59. The Morgan fingerprint density at radius 3 is 1.53 bits per heavy atom. The first-order valence-electron chi connectivity index (χ1n) is 5.18. The lowest BCUT2D eigenvalue weighted by Crippen LogP contribution is -1.97. The summed E-state index contributed by atoms with van der Waals surface area (Å²) in [6.45, 7) is 3.74. The topological polar surface area (TPSA) is 83.8 Å². The number of rotatable bonds is 8. The van der Waals surface area contributed by atoms with E-state index < -0.39 is 15.2 Å². The Hall–Kier alpha value is 0.340. The fourth-order valence-corrected chi connectivity index (χ4v) is 4.68. The van der Waals surface area contributed by atoms with Crippen LogP contribution in [-0.2, 0) is 13.4 Å². The van der Waals surface area contributed by atoms with Crippen LogP contribution < -0.4 is 0 Å². The van der Waals surface area contributed by atoms with Gasteiger partial charge in [0.25, 0.3) is 0 Å². The summed E-state index contributed by atoms with van der Waals surface area (Å²) >= 11 is 0. The molecule has 0 heterocycles. The first-order valence-corrected chi connectivity index (χ1v) is 8.70. The highest BCUT2D eigenvalue weighted by molar-refractivity contribution is 7.66. The van der Waals surface area contributed by atoms with Crippen molar-refractivity contribution < 1.29 is 23.2 Å². The molecule has 2 N–H and O–H groups in total. The molecule has 0 aromatic heterocycles. The zero-order valence-electron chi connectivity index (χ0n) is 9.26. The fourth-order valence-electron chi connectivity index (χ4n) is 0.997. The minimum atomic E-state index is -3.88. The van der Waals surface area contributed by atoms with Gasteiger partial charge < -0.3 is 9.79 Å². The third-order valence-corrected chi connectivity index (χ3v) is 5.65. The van der Waals surface area contributed by atoms with E-state index in [1.807, 2.05) is 13.8 Å². The zero-order chi connectivity index (χ0) is 11.9. The molecule has 0 aromatic rings. The van der Waals surface area contributed by atoms with Crippen molar-refractivity contribution in [2.75, 3.05) is 12.3 Å². The Balaban J connectivity index is 4.17. The summed E-state index contributed by atoms with van der Waals surface area (Å²) in [6, 6.07) is 0. The Morgan fingerprint density at radius 2 is 1.27 bits per heavy atom. The van der Waals surface area contributed by atoms with E-state index in [9.17, 15) is 18.9 Å². The van der Waals surface area contributed by atoms with Gasteiger partial charge in [-0.1, -0.05) is 26.7 Å². The summed E-state index contributed by atoms with van der Waals surface area (Å²) in [4.78, 5) is 18.6. The van der Waals surface area contributed by atoms with Crippen LogP contribution in [-0.4, -0.2) is 22.1 Å². The van der Waals surface area contributed by atoms with Gasteiger partial charge >= 0.3 is 15.2 Å². The predicted molar refractivity (Wildman–Crippen MR) is 60.3 cm³/mol. The standard InChI is InChI=1S/C8H20O5P2/c1-3-5-7-14(9,10)13-15(11,12)8-6-4-2/h3-8H2,1-2H3,(H,9,10)(H,11,12). The summed E-state index contributed by atoms with van der Waals surface area (Å²) < 4.78 is 27.2. The molecule has 2 atom stereocenters. The smallest absolute Gasteiger partial charge is 0.324 e. The third kappa shape index (κ3) is 8.18. The fraction of sp³-hybridized carbons (Fsp3) is 1.00. The van der Waals surface area contributed by atoms with Gasteiger partial charge in [-0.3, -0.25) is 9.13 Å². The average molecular weight is 258 g/mol. The summed E-state index contributed by atoms with van der Waals surface area (Å²) in [5.74, 6) is 0. The maximum atomic E-state index is 11.4. The minimum Gasteiger partial charge on any atom is -0.324 e. The van der Waals surface area contributed by atoms with Gasteiger partial charge in [-0.15, -0.1) is 0 Å². The van der Waals surface area contributed by atoms with E-state index in [2.05, 4.69) is 4.31 Å². The molecule has 92 valence electrons. The van der Waals surface area contributed by atoms with Crippen LogP contribution in [0.1, 0.15) is 39.5 Å². The van der Waals surface area contributed by atoms with Crippen molar-refractivity contribution in [3.8, 4) is 0 Å². The molecule has 0 saturated heterocycles. The molecule has 0 rings (SSSR count). The average Bonchev–Trinajstić information content (AvgIpc) is 2.10. The van der Waals surface area contributed by atoms with Crippen LogP contribution in [0.15, 0.2) is 0 Å². The molecule has 0 fully saturated rings. The second-order valence-electron chi connectivity index (χ2n) is 3.51. The molecule has 2 unspecified atom stereocenters. The van der Waals surface area contributed by atoms with Gasteiger partial charge in [-0.25, -0.2) is 4.31 Å². The van der Waals surface area contributed by atoms with Gasteiger partial charge in [0, 0.05) is 0 Å². The Kier molecular flexibility index (Phi) is 6.98. The van der Waals surface area contributed by atoms with E-state index in [1.54, 1.807) is 0 Å². The van der Waals surface area contributed by atoms with Crippen LogP contribution in [0.4, 0.5) is 0 Å². The summed E-state index contributed by atoms with van der Waals surface area (Å²) in [7, 11) is -7.77. The van der Waals surface area contributed by atoms with E-state index in [1.165, 1.54) is 0 Å². The Bertz CT molecular complexity index is 240. The van der Waals surface area contributed by atoms with E-state index >= 15 is 0 Å². The minimum absolute atomic E-state index is 0.0554. The van der Waals surface area contributed by atoms with Crippen molar-refractivity contribution in [2.24, 2.45) is 0 Å². The normalized spacial score (nSPS) is 19.5. The molecule has 0 aliphatic heterocycles. The van der Waals surface area contributed by atoms with E-state index in [4.69, 9.17) is 0 Å². The quantitative estimate of drug-likeness (QED) is 0.654. The first-order chi connectivity index (χ1) is 6.83. The second-order valence-corrected chi connectivity index (χ2v) is 7.61. The molecule has 7 heteroatoms. The van der Waals surface area contributed by atoms with Gasteiger partial charge in [0.15, 0.2) is 0 Å². The van der Waals surface area contributed by atoms with Crippen molar-refractivity contribution in [1.82, 2.24) is 0 Å². The maximum absolute atomic E-state index is 11.4. The molecule has 0 aliphatic carbocycles. The van der Waals surface area contributed by atoms with Crippen LogP contribution in [0.2, 0.25) is 0 Å². The highest BCUT2D eigenvalue weighted by Gasteiger charge is 2.30. The van der Waals surface area contributed by atoms with Crippen LogP contribution in [0, 0.1) is 0 Å². The number of hydrogen-bond acceptors (Lipinski definition) is 3. The van der Waals surface area contributed by atoms with Gasteiger partial charge in [0.2, 0.25) is 0 Å². The van der Waals surface area contributed by atoms with Crippen LogP contribution in [0.3, 0.4) is 0 Å². The van der Waals surface area contributed by atoms with Crippen molar-refractivity contribution in [1.29, 1.82) is 0 Å². The number of unbranched alkanes of at least 4 members (excludes halogenated alkanes) is 2. The lowest BCUT2D eigenvalue weighted by atomic mass is 10.4. The molecule has 0 aromatic carbocycles. The van der Waals surface area contributed by atoms with E-state index in [0.717, 1.165) is 12.8 Å². The van der Waals surface area contributed by atoms with Crippen LogP contribution >= 0.6 is 15.2 Å². The maximum Gasteiger partial charge on any atom is 0.335 e. The molecule has 0 aliphatic rings. The van der Waals surface area contributed by atoms with Crippen LogP contribution in [0.5, 0.6) is 0 Å². The highest BCUT2D eigenvalue weighted by atomic mass is 31.3. The van der Waals surface area contributed by atoms with E-state index in [-0.39, 0.29) is 12.3 Å². The van der Waals surface area contributed by atoms with Gasteiger partial charge in [-0.2, -0.15) is 0 Å². The lowest BCUT2D eigenvalue weighted by molar-refractivity contribution is 0.330. The monoisotopic (exact) mass is 258 g/mol. The van der Waals surface area contributed by atoms with Crippen molar-refractivity contribution >= 4 is 15.2 Å². The van der Waals surface area contributed by atoms with Crippen molar-refractivity contribution in [2.45, 2.75) is 39.5 Å². The largest absolute Gasteiger partial charge is 0.335 e. The van der Waals surface area contributed by atoms with E-state index in [0.29, 0.717) is 12.8 Å². The van der Waals surface area contributed by atoms with Crippen molar-refractivity contribution in [3.05, 3.63) is 0 Å². The predicted octanol–water partition coefficient (Wildman–Crippen LogP) is 2.97. The number of hydrogen-bond donors (Lipinski definition) is 2. The molecule has 0 radical (unpaired) electrons. The Labute approximate surface area is 90.9 Å². The summed E-state index contributed by atoms with van der Waals surface area (Å²) in [6.07, 6.45) is 2.42. The molecule has 5 nitrogen and oxygen atoms in total. The molecule has 0 spiro atoms. The third-order valence-electron chi connectivity index (χ3n) is 1.84. The first kappa shape index (κ1) is 15.3. The molecule has 15 heavy (non-hydrogen) atoms. The zero-order valence-corrected chi connectivity index (χ0v) is 11.0. The lowest BCUT2D eigenvalue weighted by Gasteiger charge is -2.16. The second kappa shape index (κ2) is 6.82. The molecular weight excluding hydrogens is 238 g/mol. The summed E-state index contributed by atoms with van der Waals surface area (Å²) in [5, 5.41) is 0. The SMILES string of the molecule is CCCCP(=O)(O)OP(=O)(O)CCCC. The van der Waals surface area contributed by atoms with Gasteiger partial charge in [0.05, 0.1) is 12.3 Å². The van der Waals surface area contributed by atoms with Crippen molar-refractivity contribution in [3.63, 3.8) is 0 Å². The molecule has 0 amide bonds. The van der Waals surface area contributed by atoms with Crippen LogP contribution in [0.25, 0.3) is 0 Å². The Morgan fingerprint density at radius 1 is 0.933 bits per heavy atom. The molecular formula is C8H20O5P2.